The zero-order valence-electron chi connectivity index (χ0n) is 22.9. The van der Waals surface area contributed by atoms with E-state index >= 15 is 0 Å². The fourth-order valence-electron chi connectivity index (χ4n) is 5.13. The lowest BCUT2D eigenvalue weighted by molar-refractivity contribution is -0.155. The molecular weight excluding hydrogens is 604 g/mol. The number of hydrogen-bond donors (Lipinski definition) is 0. The third kappa shape index (κ3) is 6.61. The molecule has 228 valence electrons. The number of alkyl halides is 3. The number of aryl methyl sites for hydroxylation is 1. The smallest absolute Gasteiger partial charge is 0.382 e. The number of thiazole rings is 1. The quantitative estimate of drug-likeness (QED) is 0.284. The van der Waals surface area contributed by atoms with Crippen molar-refractivity contribution in [3.63, 3.8) is 0 Å². The van der Waals surface area contributed by atoms with Crippen molar-refractivity contribution >= 4 is 27.4 Å². The molecule has 3 unspecified atom stereocenters. The minimum atomic E-state index is -4.58. The Labute approximate surface area is 243 Å². The van der Waals surface area contributed by atoms with Gasteiger partial charge in [-0.15, -0.1) is 11.3 Å². The number of likely N-dealkylation sites (tertiary alicyclic amines) is 1. The van der Waals surface area contributed by atoms with Crippen molar-refractivity contribution in [1.29, 1.82) is 0 Å². The Balaban J connectivity index is 1.22. The second kappa shape index (κ2) is 11.5. The van der Waals surface area contributed by atoms with E-state index in [0.29, 0.717) is 25.1 Å². The Hall–Kier alpha value is -3.08. The van der Waals surface area contributed by atoms with Crippen molar-refractivity contribution in [2.24, 2.45) is 0 Å². The summed E-state index contributed by atoms with van der Waals surface area (Å²) in [5.74, 6) is -0.892. The molecular formula is C26H28F4N4O6S2. The van der Waals surface area contributed by atoms with Crippen molar-refractivity contribution in [3.8, 4) is 5.75 Å². The fraction of sp³-hybridized carbons (Fsp3) is 0.500. The normalized spacial score (nSPS) is 21.6. The number of piperidine rings is 1. The topological polar surface area (TPSA) is 113 Å². The van der Waals surface area contributed by atoms with Crippen LogP contribution < -0.4 is 4.18 Å². The lowest BCUT2D eigenvalue weighted by atomic mass is 9.92. The van der Waals surface area contributed by atoms with Crippen LogP contribution in [0.4, 0.5) is 17.6 Å². The monoisotopic (exact) mass is 632 g/mol. The number of carbonyl (C=O) groups excluding carboxylic acids is 1. The summed E-state index contributed by atoms with van der Waals surface area (Å²) in [6.45, 7) is 3.14. The van der Waals surface area contributed by atoms with E-state index in [9.17, 15) is 30.8 Å². The molecule has 0 saturated carbocycles. The van der Waals surface area contributed by atoms with E-state index in [0.717, 1.165) is 28.1 Å². The molecule has 0 aliphatic carbocycles. The van der Waals surface area contributed by atoms with Crippen LogP contribution in [0.5, 0.6) is 5.75 Å². The molecule has 1 aromatic carbocycles. The van der Waals surface area contributed by atoms with E-state index in [2.05, 4.69) is 5.10 Å². The highest BCUT2D eigenvalue weighted by Crippen LogP contribution is 2.38. The Morgan fingerprint density at radius 1 is 1.21 bits per heavy atom. The second-order valence-electron chi connectivity index (χ2n) is 10.3. The highest BCUT2D eigenvalue weighted by atomic mass is 32.2. The molecule has 5 rings (SSSR count). The van der Waals surface area contributed by atoms with E-state index in [1.165, 1.54) is 24.3 Å². The summed E-state index contributed by atoms with van der Waals surface area (Å²) in [4.78, 5) is 19.3. The summed E-state index contributed by atoms with van der Waals surface area (Å²) in [5.41, 5.74) is 0.0811. The number of nitrogens with zero attached hydrogens (tertiary/aromatic N) is 4. The van der Waals surface area contributed by atoms with Gasteiger partial charge < -0.3 is 18.6 Å². The zero-order chi connectivity index (χ0) is 30.4. The molecule has 3 aromatic rings. The van der Waals surface area contributed by atoms with Gasteiger partial charge in [0.05, 0.1) is 24.5 Å². The molecule has 1 amide bonds. The molecule has 10 nitrogen and oxygen atoms in total. The lowest BCUT2D eigenvalue weighted by Crippen LogP contribution is -2.45. The molecule has 1 fully saturated rings. The molecule has 0 bridgehead atoms. The number of benzene rings is 1. The molecule has 2 aliphatic heterocycles. The van der Waals surface area contributed by atoms with Crippen LogP contribution in [-0.4, -0.2) is 52.8 Å². The van der Waals surface area contributed by atoms with Gasteiger partial charge in [-0.2, -0.15) is 26.7 Å². The maximum atomic E-state index is 14.5. The van der Waals surface area contributed by atoms with E-state index in [1.807, 2.05) is 6.92 Å². The predicted molar refractivity (Wildman–Crippen MR) is 141 cm³/mol. The van der Waals surface area contributed by atoms with Gasteiger partial charge in [0.25, 0.3) is 0 Å². The number of fused-ring (bicyclic) bond motifs is 1. The molecule has 1 saturated heterocycles. The molecule has 0 radical (unpaired) electrons. The summed E-state index contributed by atoms with van der Waals surface area (Å²) in [6.07, 6.45) is -3.42. The standard InChI is InChI=1S/C26H28F4N4O6S2/c1-14-8-16(6-7-33(14)23(35)10-34-15(2)9-22(32-34)26(28,29)30)24-31-20(13-41-24)25-38-11-17-18(12-39-25)21(5-4-19(17)27)40-42(3,36)37/h4-5,9,13-14,16,25H,6-8,10-12H2,1-3H3. The van der Waals surface area contributed by atoms with Crippen LogP contribution in [0.2, 0.25) is 0 Å². The number of amides is 1. The number of halogens is 4. The van der Waals surface area contributed by atoms with Gasteiger partial charge in [-0.05, 0) is 44.9 Å². The van der Waals surface area contributed by atoms with Gasteiger partial charge in [-0.1, -0.05) is 0 Å². The van der Waals surface area contributed by atoms with E-state index in [-0.39, 0.29) is 60.2 Å². The second-order valence-corrected chi connectivity index (χ2v) is 12.8. The van der Waals surface area contributed by atoms with Gasteiger partial charge in [0.1, 0.15) is 23.8 Å². The Morgan fingerprint density at radius 2 is 1.93 bits per heavy atom. The van der Waals surface area contributed by atoms with Crippen molar-refractivity contribution in [1.82, 2.24) is 19.7 Å². The van der Waals surface area contributed by atoms with Crippen LogP contribution in [0.3, 0.4) is 0 Å². The number of hydrogen-bond acceptors (Lipinski definition) is 9. The lowest BCUT2D eigenvalue weighted by Gasteiger charge is -2.37. The van der Waals surface area contributed by atoms with E-state index in [1.54, 1.807) is 10.3 Å². The van der Waals surface area contributed by atoms with Gasteiger partial charge in [-0.3, -0.25) is 9.48 Å². The summed E-state index contributed by atoms with van der Waals surface area (Å²) in [6, 6.07) is 3.08. The summed E-state index contributed by atoms with van der Waals surface area (Å²) in [7, 11) is -3.85. The SMILES string of the molecule is Cc1cc(C(F)(F)F)nn1CC(=O)N1CCC(c2nc(C3OCc4c(F)ccc(OS(C)(=O)=O)c4CO3)cs2)CC1C. The van der Waals surface area contributed by atoms with Crippen LogP contribution in [0.15, 0.2) is 23.6 Å². The van der Waals surface area contributed by atoms with E-state index < -0.39 is 34.1 Å². The van der Waals surface area contributed by atoms with Gasteiger partial charge in [-0.25, -0.2) is 9.37 Å². The highest BCUT2D eigenvalue weighted by molar-refractivity contribution is 7.86. The predicted octanol–water partition coefficient (Wildman–Crippen LogP) is 4.68. The fourth-order valence-corrected chi connectivity index (χ4v) is 6.58. The highest BCUT2D eigenvalue weighted by Gasteiger charge is 2.36. The summed E-state index contributed by atoms with van der Waals surface area (Å²) in [5, 5.41) is 6.14. The van der Waals surface area contributed by atoms with Crippen molar-refractivity contribution < 1.29 is 44.4 Å². The van der Waals surface area contributed by atoms with E-state index in [4.69, 9.17) is 18.6 Å². The summed E-state index contributed by atoms with van der Waals surface area (Å²) < 4.78 is 94.5. The van der Waals surface area contributed by atoms with Crippen molar-refractivity contribution in [2.45, 2.75) is 70.9 Å². The number of aromatic nitrogens is 3. The minimum Gasteiger partial charge on any atom is -0.382 e. The molecule has 4 heterocycles. The van der Waals surface area contributed by atoms with Crippen molar-refractivity contribution in [2.75, 3.05) is 12.8 Å². The molecule has 16 heteroatoms. The summed E-state index contributed by atoms with van der Waals surface area (Å²) >= 11 is 1.40. The van der Waals surface area contributed by atoms with Crippen LogP contribution in [-0.2, 0) is 50.3 Å². The van der Waals surface area contributed by atoms with Crippen molar-refractivity contribution in [3.05, 3.63) is 62.6 Å². The molecule has 0 N–H and O–H groups in total. The van der Waals surface area contributed by atoms with Gasteiger partial charge in [0.2, 0.25) is 12.2 Å². The minimum absolute atomic E-state index is 0.0289. The van der Waals surface area contributed by atoms with Gasteiger partial charge in [0.15, 0.2) is 5.69 Å². The maximum Gasteiger partial charge on any atom is 0.435 e. The average molecular weight is 633 g/mol. The number of carbonyl (C=O) groups is 1. The molecule has 42 heavy (non-hydrogen) atoms. The first-order valence-corrected chi connectivity index (χ1v) is 15.7. The Morgan fingerprint density at radius 3 is 2.57 bits per heavy atom. The Kier molecular flexibility index (Phi) is 8.35. The third-order valence-electron chi connectivity index (χ3n) is 7.21. The molecule has 2 aliphatic rings. The Bertz CT molecular complexity index is 1590. The van der Waals surface area contributed by atoms with Crippen LogP contribution in [0.25, 0.3) is 0 Å². The van der Waals surface area contributed by atoms with Gasteiger partial charge >= 0.3 is 16.3 Å². The van der Waals surface area contributed by atoms with Crippen LogP contribution >= 0.6 is 11.3 Å². The average Bonchev–Trinajstić information content (AvgIpc) is 3.46. The number of rotatable bonds is 6. The molecule has 0 spiro atoms. The maximum absolute atomic E-state index is 14.5. The first kappa shape index (κ1) is 30.4. The number of ether oxygens (including phenoxy) is 2. The zero-order valence-corrected chi connectivity index (χ0v) is 24.5. The van der Waals surface area contributed by atoms with Crippen LogP contribution in [0, 0.1) is 12.7 Å². The first-order chi connectivity index (χ1) is 19.7. The third-order valence-corrected chi connectivity index (χ3v) is 8.72. The largest absolute Gasteiger partial charge is 0.435 e. The molecule has 3 atom stereocenters. The van der Waals surface area contributed by atoms with Crippen LogP contribution in [0.1, 0.15) is 65.2 Å². The first-order valence-electron chi connectivity index (χ1n) is 13.0. The van der Waals surface area contributed by atoms with Gasteiger partial charge in [0, 0.05) is 40.7 Å². The molecule has 2 aromatic heterocycles.